The Kier molecular flexibility index (Phi) is 3.73. The number of aryl methyl sites for hydroxylation is 1. The summed E-state index contributed by atoms with van der Waals surface area (Å²) >= 11 is 0. The Bertz CT molecular complexity index is 982. The molecule has 2 aliphatic rings. The van der Waals surface area contributed by atoms with Crippen LogP contribution in [0.2, 0.25) is 0 Å². The van der Waals surface area contributed by atoms with Crippen LogP contribution in [0.4, 0.5) is 5.82 Å². The van der Waals surface area contributed by atoms with Gasteiger partial charge in [-0.25, -0.2) is 4.57 Å². The molecule has 3 aromatic rings. The second-order valence-electron chi connectivity index (χ2n) is 7.53. The van der Waals surface area contributed by atoms with Crippen LogP contribution in [0.25, 0.3) is 11.6 Å². The molecule has 5 rings (SSSR count). The minimum Gasteiger partial charge on any atom is -0.341 e. The van der Waals surface area contributed by atoms with Crippen molar-refractivity contribution in [3.63, 3.8) is 0 Å². The lowest BCUT2D eigenvalue weighted by Gasteiger charge is -2.40. The first-order valence-electron chi connectivity index (χ1n) is 9.78. The van der Waals surface area contributed by atoms with Gasteiger partial charge in [0.15, 0.2) is 11.6 Å². The summed E-state index contributed by atoms with van der Waals surface area (Å²) in [6.45, 7) is 4.29. The molecule has 8 heteroatoms. The summed E-state index contributed by atoms with van der Waals surface area (Å²) in [6.07, 6.45) is 13.7. The molecule has 3 aromatic heterocycles. The lowest BCUT2D eigenvalue weighted by atomic mass is 10.0. The van der Waals surface area contributed by atoms with Crippen LogP contribution in [0, 0.1) is 6.92 Å². The SMILES string of the molecule is CC[C@@H]1c2nncn2-c2cnc(-n3cc[n+](C)c3C)nc2N1C1CCCC1. The first kappa shape index (κ1) is 16.4. The molecule has 0 radical (unpaired) electrons. The number of nitrogens with zero attached hydrogens (tertiary/aromatic N) is 8. The van der Waals surface area contributed by atoms with Gasteiger partial charge in [0, 0.05) is 13.0 Å². The highest BCUT2D eigenvalue weighted by molar-refractivity contribution is 5.62. The molecule has 8 nitrogen and oxygen atoms in total. The van der Waals surface area contributed by atoms with E-state index in [-0.39, 0.29) is 6.04 Å². The lowest BCUT2D eigenvalue weighted by molar-refractivity contribution is -0.677. The highest BCUT2D eigenvalue weighted by Crippen LogP contribution is 2.42. The van der Waals surface area contributed by atoms with Crippen LogP contribution in [0.5, 0.6) is 0 Å². The fourth-order valence-corrected chi connectivity index (χ4v) is 4.52. The van der Waals surface area contributed by atoms with Crippen LogP contribution < -0.4 is 9.47 Å². The summed E-state index contributed by atoms with van der Waals surface area (Å²) in [7, 11) is 2.03. The number of hydrogen-bond donors (Lipinski definition) is 0. The van der Waals surface area contributed by atoms with Gasteiger partial charge >= 0.3 is 5.95 Å². The van der Waals surface area contributed by atoms with Gasteiger partial charge in [0.25, 0.3) is 5.82 Å². The zero-order valence-corrected chi connectivity index (χ0v) is 16.1. The molecule has 0 amide bonds. The normalized spacial score (nSPS) is 19.4. The van der Waals surface area contributed by atoms with E-state index in [2.05, 4.69) is 43.1 Å². The predicted octanol–water partition coefficient (Wildman–Crippen LogP) is 2.19. The van der Waals surface area contributed by atoms with Crippen molar-refractivity contribution in [2.45, 2.75) is 58.0 Å². The molecule has 27 heavy (non-hydrogen) atoms. The zero-order valence-electron chi connectivity index (χ0n) is 16.1. The fourth-order valence-electron chi connectivity index (χ4n) is 4.52. The van der Waals surface area contributed by atoms with E-state index in [9.17, 15) is 0 Å². The standard InChI is InChI=1S/C19H25N8/c1-4-15-18-23-21-12-26(18)16-11-20-19(25-10-9-24(3)13(25)2)22-17(16)27(15)14-7-5-6-8-14/h9-12,14-15H,4-8H2,1-3H3/q+1/t15-/m1/s1. The summed E-state index contributed by atoms with van der Waals surface area (Å²) in [6, 6.07) is 0.705. The maximum Gasteiger partial charge on any atom is 0.327 e. The highest BCUT2D eigenvalue weighted by atomic mass is 15.4. The van der Waals surface area contributed by atoms with E-state index >= 15 is 0 Å². The summed E-state index contributed by atoms with van der Waals surface area (Å²) in [5.74, 6) is 3.80. The fraction of sp³-hybridized carbons (Fsp3) is 0.526. The van der Waals surface area contributed by atoms with Gasteiger partial charge in [-0.2, -0.15) is 14.5 Å². The van der Waals surface area contributed by atoms with Crippen molar-refractivity contribution < 1.29 is 4.57 Å². The molecule has 0 bridgehead atoms. The van der Waals surface area contributed by atoms with Gasteiger partial charge in [-0.1, -0.05) is 19.8 Å². The van der Waals surface area contributed by atoms with Crippen molar-refractivity contribution in [1.82, 2.24) is 29.3 Å². The van der Waals surface area contributed by atoms with E-state index < -0.39 is 0 Å². The van der Waals surface area contributed by atoms with E-state index in [1.807, 2.05) is 30.2 Å². The van der Waals surface area contributed by atoms with E-state index in [1.165, 1.54) is 25.7 Å². The Hall–Kier alpha value is -2.77. The molecule has 4 heterocycles. The maximum absolute atomic E-state index is 5.05. The summed E-state index contributed by atoms with van der Waals surface area (Å²) < 4.78 is 6.17. The van der Waals surface area contributed by atoms with Crippen molar-refractivity contribution in [2.75, 3.05) is 4.90 Å². The smallest absolute Gasteiger partial charge is 0.327 e. The Balaban J connectivity index is 1.70. The third-order valence-electron chi connectivity index (χ3n) is 6.07. The van der Waals surface area contributed by atoms with Crippen molar-refractivity contribution in [2.24, 2.45) is 7.05 Å². The molecule has 0 unspecified atom stereocenters. The van der Waals surface area contributed by atoms with E-state index in [4.69, 9.17) is 4.98 Å². The average molecular weight is 365 g/mol. The van der Waals surface area contributed by atoms with Crippen LogP contribution in [-0.2, 0) is 7.05 Å². The van der Waals surface area contributed by atoms with Crippen molar-refractivity contribution >= 4 is 5.82 Å². The first-order valence-corrected chi connectivity index (χ1v) is 9.78. The molecular formula is C19H25N8+. The van der Waals surface area contributed by atoms with Gasteiger partial charge in [0.1, 0.15) is 24.4 Å². The van der Waals surface area contributed by atoms with Gasteiger partial charge in [-0.3, -0.25) is 4.57 Å². The first-order chi connectivity index (χ1) is 13.2. The highest BCUT2D eigenvalue weighted by Gasteiger charge is 2.39. The second kappa shape index (κ2) is 6.14. The maximum atomic E-state index is 5.05. The molecule has 1 aliphatic carbocycles. The molecule has 0 spiro atoms. The van der Waals surface area contributed by atoms with Gasteiger partial charge in [0.05, 0.1) is 19.3 Å². The molecule has 1 saturated carbocycles. The number of aromatic nitrogens is 7. The number of imidazole rings is 1. The third-order valence-corrected chi connectivity index (χ3v) is 6.07. The Labute approximate surface area is 158 Å². The molecule has 1 aliphatic heterocycles. The van der Waals surface area contributed by atoms with Crippen LogP contribution in [0.15, 0.2) is 24.9 Å². The average Bonchev–Trinajstić information content (AvgIpc) is 3.43. The Morgan fingerprint density at radius 3 is 2.74 bits per heavy atom. The molecule has 1 atom stereocenters. The lowest BCUT2D eigenvalue weighted by Crippen LogP contribution is -2.42. The van der Waals surface area contributed by atoms with Crippen LogP contribution >= 0.6 is 0 Å². The Morgan fingerprint density at radius 2 is 2.04 bits per heavy atom. The molecule has 1 fully saturated rings. The molecule has 0 aromatic carbocycles. The summed E-state index contributed by atoms with van der Waals surface area (Å²) in [5.41, 5.74) is 0.976. The molecule has 140 valence electrons. The monoisotopic (exact) mass is 365 g/mol. The van der Waals surface area contributed by atoms with Crippen molar-refractivity contribution in [3.8, 4) is 11.6 Å². The number of anilines is 1. The quantitative estimate of drug-likeness (QED) is 0.666. The van der Waals surface area contributed by atoms with E-state index in [0.29, 0.717) is 12.0 Å². The van der Waals surface area contributed by atoms with Gasteiger partial charge < -0.3 is 4.90 Å². The van der Waals surface area contributed by atoms with Gasteiger partial charge in [-0.05, 0) is 19.3 Å². The zero-order chi connectivity index (χ0) is 18.5. The van der Waals surface area contributed by atoms with Crippen LogP contribution in [0.1, 0.15) is 56.7 Å². The predicted molar refractivity (Wildman–Crippen MR) is 100.0 cm³/mol. The minimum absolute atomic E-state index is 0.202. The molecule has 0 saturated heterocycles. The summed E-state index contributed by atoms with van der Waals surface area (Å²) in [4.78, 5) is 12.2. The van der Waals surface area contributed by atoms with Crippen molar-refractivity contribution in [1.29, 1.82) is 0 Å². The third kappa shape index (κ3) is 2.39. The van der Waals surface area contributed by atoms with Crippen molar-refractivity contribution in [3.05, 3.63) is 36.6 Å². The largest absolute Gasteiger partial charge is 0.341 e. The number of fused-ring (bicyclic) bond motifs is 3. The number of rotatable bonds is 3. The Morgan fingerprint density at radius 1 is 1.22 bits per heavy atom. The van der Waals surface area contributed by atoms with Crippen LogP contribution in [-0.4, -0.2) is 35.3 Å². The number of hydrogen-bond acceptors (Lipinski definition) is 5. The summed E-state index contributed by atoms with van der Waals surface area (Å²) in [5, 5.41) is 8.62. The van der Waals surface area contributed by atoms with Gasteiger partial charge in [-0.15, -0.1) is 10.2 Å². The molecular weight excluding hydrogens is 340 g/mol. The van der Waals surface area contributed by atoms with E-state index in [1.54, 1.807) is 6.33 Å². The second-order valence-corrected chi connectivity index (χ2v) is 7.53. The van der Waals surface area contributed by atoms with E-state index in [0.717, 1.165) is 29.6 Å². The van der Waals surface area contributed by atoms with Crippen LogP contribution in [0.3, 0.4) is 0 Å². The topological polar surface area (TPSA) is 68.5 Å². The molecule has 0 N–H and O–H groups in total. The minimum atomic E-state index is 0.202. The van der Waals surface area contributed by atoms with Gasteiger partial charge in [0.2, 0.25) is 0 Å².